The van der Waals surface area contributed by atoms with Crippen LogP contribution in [0.2, 0.25) is 5.02 Å². The molecule has 1 amide bonds. The van der Waals surface area contributed by atoms with Crippen LogP contribution in [-0.4, -0.2) is 37.6 Å². The zero-order valence-electron chi connectivity index (χ0n) is 23.9. The van der Waals surface area contributed by atoms with Crippen LogP contribution < -0.4 is 9.80 Å². The zero-order valence-corrected chi connectivity index (χ0v) is 24.6. The average molecular weight is 595 g/mol. The van der Waals surface area contributed by atoms with Crippen LogP contribution in [-0.2, 0) is 35.8 Å². The maximum atomic E-state index is 15.3. The van der Waals surface area contributed by atoms with E-state index in [9.17, 15) is 9.59 Å². The Hall–Kier alpha value is -4.62. The summed E-state index contributed by atoms with van der Waals surface area (Å²) in [5.74, 6) is -2.79. The second-order valence-electron chi connectivity index (χ2n) is 10.7. The Morgan fingerprint density at radius 2 is 1.47 bits per heavy atom. The van der Waals surface area contributed by atoms with E-state index in [0.717, 1.165) is 11.1 Å². The molecule has 0 radical (unpaired) electrons. The van der Waals surface area contributed by atoms with Crippen LogP contribution in [0.3, 0.4) is 0 Å². The molecule has 0 unspecified atom stereocenters. The molecular weight excluding hydrogens is 564 g/mol. The molecule has 1 spiro atoms. The quantitative estimate of drug-likeness (QED) is 0.240. The molecule has 0 aromatic heterocycles. The van der Waals surface area contributed by atoms with Gasteiger partial charge in [-0.05, 0) is 53.9 Å². The number of esters is 2. The summed E-state index contributed by atoms with van der Waals surface area (Å²) in [6.07, 6.45) is 0. The Kier molecular flexibility index (Phi) is 7.67. The molecule has 218 valence electrons. The van der Waals surface area contributed by atoms with Crippen molar-refractivity contribution in [3.63, 3.8) is 0 Å². The van der Waals surface area contributed by atoms with Crippen LogP contribution in [0, 0.1) is 5.92 Å². The molecule has 8 heteroatoms. The fraction of sp³-hybridized carbons (Fsp3) is 0.229. The molecule has 1 fully saturated rings. The molecule has 2 aliphatic heterocycles. The van der Waals surface area contributed by atoms with Crippen LogP contribution in [0.4, 0.5) is 11.4 Å². The van der Waals surface area contributed by atoms with Crippen molar-refractivity contribution in [1.82, 2.24) is 0 Å². The number of halogens is 1. The fourth-order valence-corrected chi connectivity index (χ4v) is 6.98. The molecule has 6 rings (SSSR count). The van der Waals surface area contributed by atoms with Gasteiger partial charge in [0.1, 0.15) is 17.4 Å². The lowest BCUT2D eigenvalue weighted by Gasteiger charge is -2.37. The molecule has 2 aliphatic rings. The summed E-state index contributed by atoms with van der Waals surface area (Å²) >= 11 is 6.33. The van der Waals surface area contributed by atoms with E-state index >= 15 is 4.79 Å². The van der Waals surface area contributed by atoms with Gasteiger partial charge in [-0.1, -0.05) is 90.5 Å². The van der Waals surface area contributed by atoms with Crippen molar-refractivity contribution in [2.75, 3.05) is 23.5 Å². The normalized spacial score (nSPS) is 22.5. The smallest absolute Gasteiger partial charge is 0.329 e. The van der Waals surface area contributed by atoms with Gasteiger partial charge < -0.3 is 19.3 Å². The lowest BCUT2D eigenvalue weighted by atomic mass is 9.65. The van der Waals surface area contributed by atoms with E-state index in [2.05, 4.69) is 0 Å². The number of ether oxygens (including phenoxy) is 2. The maximum absolute atomic E-state index is 15.3. The van der Waals surface area contributed by atoms with E-state index in [-0.39, 0.29) is 19.1 Å². The Labute approximate surface area is 255 Å². The molecule has 4 aromatic rings. The highest BCUT2D eigenvalue weighted by Crippen LogP contribution is 2.62. The molecule has 2 heterocycles. The lowest BCUT2D eigenvalue weighted by Crippen LogP contribution is -2.51. The lowest BCUT2D eigenvalue weighted by molar-refractivity contribution is -0.157. The zero-order chi connectivity index (χ0) is 30.1. The Balaban J connectivity index is 1.69. The number of hydrogen-bond acceptors (Lipinski definition) is 6. The van der Waals surface area contributed by atoms with Crippen molar-refractivity contribution in [3.8, 4) is 0 Å². The summed E-state index contributed by atoms with van der Waals surface area (Å²) < 4.78 is 11.0. The number of benzene rings is 4. The molecule has 43 heavy (non-hydrogen) atoms. The summed E-state index contributed by atoms with van der Waals surface area (Å²) in [6.45, 7) is 2.11. The van der Waals surface area contributed by atoms with E-state index in [4.69, 9.17) is 21.1 Å². The SMILES string of the molecule is CCOC(=O)[C@@H]1[C@@H](C(=O)OC)[C@@]2(C(=O)N(Cc3ccccc3)c3ccccc32)[C@@H](c2ccc(Cl)cc2)N1c1ccccc1. The first-order chi connectivity index (χ1) is 20.9. The van der Waals surface area contributed by atoms with Crippen molar-refractivity contribution < 1.29 is 23.9 Å². The summed E-state index contributed by atoms with van der Waals surface area (Å²) in [7, 11) is 1.29. The molecule has 4 aromatic carbocycles. The Bertz CT molecular complexity index is 1650. The highest BCUT2D eigenvalue weighted by molar-refractivity contribution is 6.30. The van der Waals surface area contributed by atoms with E-state index in [1.165, 1.54) is 7.11 Å². The number of carbonyl (C=O) groups excluding carboxylic acids is 3. The van der Waals surface area contributed by atoms with Crippen molar-refractivity contribution in [1.29, 1.82) is 0 Å². The molecule has 0 N–H and O–H groups in total. The minimum Gasteiger partial charge on any atom is -0.469 e. The molecule has 0 saturated carbocycles. The fourth-order valence-electron chi connectivity index (χ4n) is 6.85. The second kappa shape index (κ2) is 11.6. The third-order valence-electron chi connectivity index (χ3n) is 8.46. The Morgan fingerprint density at radius 3 is 2.12 bits per heavy atom. The summed E-state index contributed by atoms with van der Waals surface area (Å²) in [5, 5.41) is 0.525. The van der Waals surface area contributed by atoms with Crippen LogP contribution >= 0.6 is 11.6 Å². The molecule has 1 saturated heterocycles. The largest absolute Gasteiger partial charge is 0.469 e. The highest BCUT2D eigenvalue weighted by Gasteiger charge is 2.73. The first-order valence-electron chi connectivity index (χ1n) is 14.2. The third kappa shape index (κ3) is 4.55. The summed E-state index contributed by atoms with van der Waals surface area (Å²) in [4.78, 5) is 47.0. The van der Waals surface area contributed by atoms with E-state index < -0.39 is 35.4 Å². The topological polar surface area (TPSA) is 76.2 Å². The van der Waals surface area contributed by atoms with Crippen molar-refractivity contribution in [2.24, 2.45) is 5.92 Å². The monoisotopic (exact) mass is 594 g/mol. The van der Waals surface area contributed by atoms with Gasteiger partial charge >= 0.3 is 11.9 Å². The number of para-hydroxylation sites is 2. The average Bonchev–Trinajstić information content (AvgIpc) is 3.49. The van der Waals surface area contributed by atoms with Crippen LogP contribution in [0.5, 0.6) is 0 Å². The maximum Gasteiger partial charge on any atom is 0.329 e. The Morgan fingerprint density at radius 1 is 0.837 bits per heavy atom. The van der Waals surface area contributed by atoms with Crippen molar-refractivity contribution in [3.05, 3.63) is 131 Å². The van der Waals surface area contributed by atoms with Crippen LogP contribution in [0.15, 0.2) is 109 Å². The number of methoxy groups -OCH3 is 1. The van der Waals surface area contributed by atoms with Crippen molar-refractivity contribution in [2.45, 2.75) is 31.0 Å². The highest BCUT2D eigenvalue weighted by atomic mass is 35.5. The van der Waals surface area contributed by atoms with Gasteiger partial charge in [-0.25, -0.2) is 4.79 Å². The number of nitrogens with zero attached hydrogens (tertiary/aromatic N) is 2. The summed E-state index contributed by atoms with van der Waals surface area (Å²) in [5.41, 5.74) is 2.11. The van der Waals surface area contributed by atoms with E-state index in [1.807, 2.05) is 102 Å². The number of carbonyl (C=O) groups is 3. The first-order valence-corrected chi connectivity index (χ1v) is 14.6. The van der Waals surface area contributed by atoms with Crippen molar-refractivity contribution >= 4 is 40.8 Å². The number of rotatable bonds is 7. The van der Waals surface area contributed by atoms with Gasteiger partial charge in [0.15, 0.2) is 0 Å². The van der Waals surface area contributed by atoms with Gasteiger partial charge in [-0.15, -0.1) is 0 Å². The first kappa shape index (κ1) is 28.5. The predicted molar refractivity (Wildman–Crippen MR) is 165 cm³/mol. The van der Waals surface area contributed by atoms with Crippen LogP contribution in [0.1, 0.15) is 29.7 Å². The molecular formula is C35H31ClN2O5. The van der Waals surface area contributed by atoms with Gasteiger partial charge in [0, 0.05) is 16.4 Å². The second-order valence-corrected chi connectivity index (χ2v) is 11.1. The number of amides is 1. The van der Waals surface area contributed by atoms with Crippen LogP contribution in [0.25, 0.3) is 0 Å². The van der Waals surface area contributed by atoms with E-state index in [0.29, 0.717) is 22.0 Å². The predicted octanol–water partition coefficient (Wildman–Crippen LogP) is 6.11. The van der Waals surface area contributed by atoms with E-state index in [1.54, 1.807) is 24.0 Å². The van der Waals surface area contributed by atoms with Gasteiger partial charge in [-0.3, -0.25) is 9.59 Å². The standard InChI is InChI=1S/C35H31ClN2O5/c1-3-43-33(40)30-29(32(39)42-2)35(31(24-18-20-25(36)21-19-24)38(30)26-14-8-5-9-15-26)27-16-10-11-17-28(27)37(34(35)41)22-23-12-6-4-7-13-23/h4-21,29-31H,3,22H2,1-2H3/t29-,30-,31+,35+/m0/s1. The third-order valence-corrected chi connectivity index (χ3v) is 8.71. The van der Waals surface area contributed by atoms with Gasteiger partial charge in [-0.2, -0.15) is 0 Å². The van der Waals surface area contributed by atoms with Gasteiger partial charge in [0.05, 0.1) is 26.3 Å². The minimum absolute atomic E-state index is 0.106. The minimum atomic E-state index is -1.54. The molecule has 0 bridgehead atoms. The molecule has 7 nitrogen and oxygen atoms in total. The van der Waals surface area contributed by atoms with Gasteiger partial charge in [0.25, 0.3) is 0 Å². The number of anilines is 2. The number of hydrogen-bond donors (Lipinski definition) is 0. The molecule has 0 aliphatic carbocycles. The summed E-state index contributed by atoms with van der Waals surface area (Å²) in [6, 6.07) is 31.8. The molecule has 4 atom stereocenters. The number of fused-ring (bicyclic) bond motifs is 2. The van der Waals surface area contributed by atoms with Gasteiger partial charge in [0.2, 0.25) is 5.91 Å².